The summed E-state index contributed by atoms with van der Waals surface area (Å²) in [6.45, 7) is 3.61. The lowest BCUT2D eigenvalue weighted by Gasteiger charge is -2.14. The van der Waals surface area contributed by atoms with Crippen LogP contribution in [0.2, 0.25) is 0 Å². The molecular weight excluding hydrogens is 188 g/mol. The molecule has 3 N–H and O–H groups in total. The van der Waals surface area contributed by atoms with Crippen LogP contribution in [0.4, 0.5) is 0 Å². The van der Waals surface area contributed by atoms with E-state index in [2.05, 4.69) is 0 Å². The van der Waals surface area contributed by atoms with Crippen LogP contribution in [0.15, 0.2) is 0 Å². The van der Waals surface area contributed by atoms with Crippen LogP contribution in [-0.2, 0) is 9.09 Å². The van der Waals surface area contributed by atoms with E-state index >= 15 is 0 Å². The second-order valence-electron chi connectivity index (χ2n) is 2.14. The Kier molecular flexibility index (Phi) is 7.58. The summed E-state index contributed by atoms with van der Waals surface area (Å²) in [5.74, 6) is 0. The van der Waals surface area contributed by atoms with Crippen molar-refractivity contribution in [1.82, 2.24) is 0 Å². The largest absolute Gasteiger partial charge is 0.341 e. The van der Waals surface area contributed by atoms with Crippen LogP contribution in [-0.4, -0.2) is 17.3 Å². The fraction of sp³-hybridized carbons (Fsp3) is 1.00. The number of hydrogen-bond donors (Lipinski definition) is 2. The molecule has 0 saturated heterocycles. The zero-order valence-electron chi connectivity index (χ0n) is 6.69. The molecule has 70 valence electrons. The average molecular weight is 204 g/mol. The van der Waals surface area contributed by atoms with Gasteiger partial charge in [0, 0.05) is 0 Å². The SMILES string of the molecule is CCC(C)OP(=O)(O)CN.Cl. The average Bonchev–Trinajstić information content (AvgIpc) is 1.87. The summed E-state index contributed by atoms with van der Waals surface area (Å²) < 4.78 is 15.5. The Morgan fingerprint density at radius 2 is 2.18 bits per heavy atom. The molecule has 11 heavy (non-hydrogen) atoms. The molecule has 0 aliphatic carbocycles. The smallest absolute Gasteiger partial charge is 0.323 e. The molecule has 0 bridgehead atoms. The zero-order valence-corrected chi connectivity index (χ0v) is 8.40. The number of nitrogens with two attached hydrogens (primary N) is 1. The van der Waals surface area contributed by atoms with Crippen molar-refractivity contribution in [1.29, 1.82) is 0 Å². The van der Waals surface area contributed by atoms with Crippen molar-refractivity contribution in [3.05, 3.63) is 0 Å². The van der Waals surface area contributed by atoms with Crippen LogP contribution in [0.1, 0.15) is 20.3 Å². The van der Waals surface area contributed by atoms with E-state index in [4.69, 9.17) is 15.2 Å². The number of hydrogen-bond acceptors (Lipinski definition) is 3. The first-order valence-electron chi connectivity index (χ1n) is 3.22. The van der Waals surface area contributed by atoms with Gasteiger partial charge in [0.2, 0.25) is 0 Å². The van der Waals surface area contributed by atoms with Gasteiger partial charge in [-0.15, -0.1) is 12.4 Å². The van der Waals surface area contributed by atoms with Gasteiger partial charge in [0.05, 0.1) is 12.4 Å². The van der Waals surface area contributed by atoms with E-state index in [1.54, 1.807) is 6.92 Å². The summed E-state index contributed by atoms with van der Waals surface area (Å²) in [6.07, 6.45) is 0.210. The first-order chi connectivity index (χ1) is 4.52. The lowest BCUT2D eigenvalue weighted by Crippen LogP contribution is -2.09. The Bertz CT molecular complexity index is 144. The molecule has 0 rings (SSSR count). The highest BCUT2D eigenvalue weighted by Crippen LogP contribution is 2.41. The molecule has 0 heterocycles. The summed E-state index contributed by atoms with van der Waals surface area (Å²) in [4.78, 5) is 8.83. The summed E-state index contributed by atoms with van der Waals surface area (Å²) in [5.41, 5.74) is 4.97. The zero-order chi connectivity index (χ0) is 8.20. The molecule has 0 aliphatic heterocycles. The van der Waals surface area contributed by atoms with E-state index in [9.17, 15) is 4.57 Å². The van der Waals surface area contributed by atoms with E-state index in [0.717, 1.165) is 0 Å². The van der Waals surface area contributed by atoms with E-state index < -0.39 is 7.60 Å². The fourth-order valence-electron chi connectivity index (χ4n) is 0.399. The molecule has 0 aromatic rings. The summed E-state index contributed by atoms with van der Waals surface area (Å²) in [7, 11) is -3.47. The van der Waals surface area contributed by atoms with Gasteiger partial charge in [-0.05, 0) is 13.3 Å². The molecule has 0 saturated carbocycles. The molecule has 0 aromatic heterocycles. The minimum atomic E-state index is -3.47. The van der Waals surface area contributed by atoms with Crippen molar-refractivity contribution < 1.29 is 14.0 Å². The van der Waals surface area contributed by atoms with E-state index in [-0.39, 0.29) is 24.8 Å². The van der Waals surface area contributed by atoms with E-state index in [0.29, 0.717) is 6.42 Å². The second kappa shape index (κ2) is 5.98. The van der Waals surface area contributed by atoms with Crippen molar-refractivity contribution >= 4 is 20.0 Å². The van der Waals surface area contributed by atoms with Crippen LogP contribution in [0.5, 0.6) is 0 Å². The fourth-order valence-corrected chi connectivity index (χ4v) is 1.20. The quantitative estimate of drug-likeness (QED) is 0.676. The first-order valence-corrected chi connectivity index (χ1v) is 4.98. The highest BCUT2D eigenvalue weighted by Gasteiger charge is 2.18. The van der Waals surface area contributed by atoms with Crippen LogP contribution in [0.3, 0.4) is 0 Å². The first kappa shape index (κ1) is 14.0. The minimum absolute atomic E-state index is 0. The van der Waals surface area contributed by atoms with E-state index in [1.165, 1.54) is 0 Å². The summed E-state index contributed by atoms with van der Waals surface area (Å²) in [6, 6.07) is 0. The predicted molar refractivity (Wildman–Crippen MR) is 47.0 cm³/mol. The van der Waals surface area contributed by atoms with Gasteiger partial charge in [0.1, 0.15) is 0 Å². The van der Waals surface area contributed by atoms with Gasteiger partial charge in [-0.1, -0.05) is 6.92 Å². The molecule has 0 fully saturated rings. The van der Waals surface area contributed by atoms with Crippen molar-refractivity contribution in [2.75, 3.05) is 6.29 Å². The van der Waals surface area contributed by atoms with Crippen molar-refractivity contribution in [2.45, 2.75) is 26.4 Å². The van der Waals surface area contributed by atoms with Gasteiger partial charge in [0.25, 0.3) is 0 Å². The van der Waals surface area contributed by atoms with Crippen molar-refractivity contribution in [3.63, 3.8) is 0 Å². The van der Waals surface area contributed by atoms with Gasteiger partial charge in [-0.2, -0.15) is 0 Å². The molecule has 2 unspecified atom stereocenters. The molecule has 0 aromatic carbocycles. The molecule has 4 nitrogen and oxygen atoms in total. The van der Waals surface area contributed by atoms with Crippen LogP contribution in [0.25, 0.3) is 0 Å². The van der Waals surface area contributed by atoms with Crippen molar-refractivity contribution in [3.8, 4) is 0 Å². The van der Waals surface area contributed by atoms with Crippen LogP contribution >= 0.6 is 20.0 Å². The monoisotopic (exact) mass is 203 g/mol. The molecule has 0 radical (unpaired) electrons. The van der Waals surface area contributed by atoms with E-state index in [1.807, 2.05) is 6.92 Å². The standard InChI is InChI=1S/C5H14NO3P.ClH/c1-3-5(2)9-10(7,8)4-6;/h5H,3-4,6H2,1-2H3,(H,7,8);1H. The Balaban J connectivity index is 0. The highest BCUT2D eigenvalue weighted by molar-refractivity contribution is 7.52. The molecule has 6 heteroatoms. The maximum absolute atomic E-state index is 10.8. The topological polar surface area (TPSA) is 72.5 Å². The second-order valence-corrected chi connectivity index (χ2v) is 4.00. The third kappa shape index (κ3) is 6.78. The Hall–Kier alpha value is 0.400. The van der Waals surface area contributed by atoms with Gasteiger partial charge in [-0.25, -0.2) is 0 Å². The normalized spacial score (nSPS) is 18.2. The van der Waals surface area contributed by atoms with Gasteiger partial charge < -0.3 is 15.2 Å². The summed E-state index contributed by atoms with van der Waals surface area (Å²) in [5, 5.41) is 0. The third-order valence-corrected chi connectivity index (χ3v) is 2.30. The number of rotatable bonds is 4. The Labute approximate surface area is 73.1 Å². The predicted octanol–water partition coefficient (Wildman–Crippen LogP) is 1.32. The highest BCUT2D eigenvalue weighted by atomic mass is 35.5. The minimum Gasteiger partial charge on any atom is -0.323 e. The number of halogens is 1. The molecule has 0 aliphatic rings. The van der Waals surface area contributed by atoms with Gasteiger partial charge in [-0.3, -0.25) is 4.57 Å². The Morgan fingerprint density at radius 1 is 1.73 bits per heavy atom. The lowest BCUT2D eigenvalue weighted by atomic mass is 10.3. The van der Waals surface area contributed by atoms with Gasteiger partial charge >= 0.3 is 7.60 Å². The lowest BCUT2D eigenvalue weighted by molar-refractivity contribution is 0.186. The molecule has 0 amide bonds. The summed E-state index contributed by atoms with van der Waals surface area (Å²) >= 11 is 0. The van der Waals surface area contributed by atoms with Crippen LogP contribution < -0.4 is 5.73 Å². The molecular formula is C5H15ClNO3P. The van der Waals surface area contributed by atoms with Crippen molar-refractivity contribution in [2.24, 2.45) is 5.73 Å². The maximum Gasteiger partial charge on any atom is 0.341 e. The van der Waals surface area contributed by atoms with Crippen LogP contribution in [0, 0.1) is 0 Å². The maximum atomic E-state index is 10.8. The molecule has 2 atom stereocenters. The van der Waals surface area contributed by atoms with Gasteiger partial charge in [0.15, 0.2) is 0 Å². The molecule has 0 spiro atoms. The third-order valence-electron chi connectivity index (χ3n) is 1.15. The Morgan fingerprint density at radius 3 is 2.45 bits per heavy atom.